The average molecular weight is 467 g/mol. The summed E-state index contributed by atoms with van der Waals surface area (Å²) in [7, 11) is 0. The van der Waals surface area contributed by atoms with Gasteiger partial charge in [-0.2, -0.15) is 0 Å². The third-order valence-electron chi connectivity index (χ3n) is 8.94. The molecule has 6 atom stereocenters. The molecule has 1 saturated carbocycles. The molecule has 1 aromatic carbocycles. The van der Waals surface area contributed by atoms with Crippen LogP contribution in [0, 0.1) is 23.2 Å². The second-order valence-electron chi connectivity index (χ2n) is 11.4. The number of hydrogen-bond acceptors (Lipinski definition) is 3. The number of piperidine rings is 1. The lowest BCUT2D eigenvalue weighted by atomic mass is 9.74. The number of carbonyl (C=O) groups excluding carboxylic acids is 1. The zero-order valence-corrected chi connectivity index (χ0v) is 21.6. The minimum absolute atomic E-state index is 0.0207. The fourth-order valence-corrected chi connectivity index (χ4v) is 7.13. The third-order valence-corrected chi connectivity index (χ3v) is 8.94. The van der Waals surface area contributed by atoms with Gasteiger partial charge >= 0.3 is 0 Å². The second-order valence-corrected chi connectivity index (χ2v) is 11.4. The van der Waals surface area contributed by atoms with Crippen molar-refractivity contribution in [1.82, 2.24) is 4.90 Å². The fraction of sp³-hybridized carbons (Fsp3) is 0.724. The lowest BCUT2D eigenvalue weighted by Crippen LogP contribution is -2.46. The van der Waals surface area contributed by atoms with Crippen LogP contribution in [0.25, 0.3) is 0 Å². The first kappa shape index (κ1) is 25.2. The van der Waals surface area contributed by atoms with Crippen LogP contribution in [0.15, 0.2) is 18.2 Å². The Morgan fingerprint density at radius 3 is 2.62 bits per heavy atom. The van der Waals surface area contributed by atoms with E-state index in [4.69, 9.17) is 11.1 Å². The van der Waals surface area contributed by atoms with Crippen molar-refractivity contribution in [3.8, 4) is 0 Å². The highest BCUT2D eigenvalue weighted by Gasteiger charge is 2.36. The van der Waals surface area contributed by atoms with Crippen LogP contribution in [0.5, 0.6) is 0 Å². The number of unbranched alkanes of at least 4 members (excludes halogenated alkanes) is 1. The van der Waals surface area contributed by atoms with E-state index in [-0.39, 0.29) is 17.7 Å². The monoisotopic (exact) mass is 466 g/mol. The van der Waals surface area contributed by atoms with E-state index in [2.05, 4.69) is 49.2 Å². The van der Waals surface area contributed by atoms with Gasteiger partial charge in [0.1, 0.15) is 0 Å². The number of carbonyl (C=O) groups is 1. The number of likely N-dealkylation sites (tertiary alicyclic amines) is 1. The van der Waals surface area contributed by atoms with Gasteiger partial charge < -0.3 is 11.1 Å². The number of amidine groups is 1. The van der Waals surface area contributed by atoms with Crippen molar-refractivity contribution in [2.45, 2.75) is 116 Å². The molecule has 4 rings (SSSR count). The smallest absolute Gasteiger partial charge is 0.227 e. The van der Waals surface area contributed by atoms with Crippen molar-refractivity contribution in [3.63, 3.8) is 0 Å². The van der Waals surface area contributed by atoms with Gasteiger partial charge in [-0.05, 0) is 81.9 Å². The normalized spacial score (nSPS) is 30.9. The molecule has 2 fully saturated rings. The second kappa shape index (κ2) is 11.2. The van der Waals surface area contributed by atoms with Crippen LogP contribution in [0.3, 0.4) is 0 Å². The summed E-state index contributed by atoms with van der Waals surface area (Å²) in [6.45, 7) is 7.10. The first-order chi connectivity index (χ1) is 16.4. The van der Waals surface area contributed by atoms with E-state index in [0.29, 0.717) is 29.9 Å². The number of benzene rings is 1. The molecular formula is C29H46N4O. The Balaban J connectivity index is 1.59. The maximum Gasteiger partial charge on any atom is 0.227 e. The molecule has 6 unspecified atom stereocenters. The molecule has 34 heavy (non-hydrogen) atoms. The standard InChI is InChI=1S/C29H46N4O/c1-4-5-15-27(33-19(2)9-6-10-20(33)3)24-13-8-14-26-25(24)18-23(29(34)32-26)17-21-11-7-12-22(16-21)28(30)31/h8,13-14,19-23,27H,4-7,9-12,15-18H2,1-3H3,(H3,30,31)(H,32,34). The topological polar surface area (TPSA) is 82.2 Å². The SMILES string of the molecule is CCCCC(c1cccc2c1CC(CC1CCCC(C(=N)N)C1)C(=O)N2)N1C(C)CCCC1C. The van der Waals surface area contributed by atoms with E-state index >= 15 is 0 Å². The number of nitrogens with one attached hydrogen (secondary N) is 2. The molecule has 2 heterocycles. The van der Waals surface area contributed by atoms with Crippen LogP contribution in [-0.2, 0) is 11.2 Å². The number of fused-ring (bicyclic) bond motifs is 1. The van der Waals surface area contributed by atoms with E-state index in [1.807, 2.05) is 0 Å². The maximum atomic E-state index is 13.1. The van der Waals surface area contributed by atoms with Gasteiger partial charge in [-0.25, -0.2) is 0 Å². The van der Waals surface area contributed by atoms with Crippen LogP contribution < -0.4 is 11.1 Å². The molecule has 0 bridgehead atoms. The van der Waals surface area contributed by atoms with Crippen molar-refractivity contribution in [3.05, 3.63) is 29.3 Å². The highest BCUT2D eigenvalue weighted by Crippen LogP contribution is 2.42. The summed E-state index contributed by atoms with van der Waals surface area (Å²) in [5, 5.41) is 11.2. The number of nitrogens with two attached hydrogens (primary N) is 1. The van der Waals surface area contributed by atoms with E-state index in [0.717, 1.165) is 44.2 Å². The van der Waals surface area contributed by atoms with Gasteiger partial charge in [0.25, 0.3) is 0 Å². The van der Waals surface area contributed by atoms with Gasteiger partial charge in [-0.3, -0.25) is 15.1 Å². The molecule has 1 saturated heterocycles. The Hall–Kier alpha value is -1.88. The Morgan fingerprint density at radius 2 is 1.91 bits per heavy atom. The number of rotatable bonds is 8. The van der Waals surface area contributed by atoms with E-state index in [9.17, 15) is 4.79 Å². The van der Waals surface area contributed by atoms with Crippen LogP contribution >= 0.6 is 0 Å². The predicted molar refractivity (Wildman–Crippen MR) is 141 cm³/mol. The summed E-state index contributed by atoms with van der Waals surface area (Å²) in [5.41, 5.74) is 9.69. The first-order valence-corrected chi connectivity index (χ1v) is 13.9. The molecule has 0 aromatic heterocycles. The van der Waals surface area contributed by atoms with Gasteiger partial charge in [0, 0.05) is 35.6 Å². The van der Waals surface area contributed by atoms with Gasteiger partial charge in [-0.15, -0.1) is 0 Å². The lowest BCUT2D eigenvalue weighted by Gasteiger charge is -2.45. The molecule has 188 valence electrons. The van der Waals surface area contributed by atoms with Crippen LogP contribution in [0.2, 0.25) is 0 Å². The molecular weight excluding hydrogens is 420 g/mol. The zero-order valence-electron chi connectivity index (χ0n) is 21.6. The number of anilines is 1. The van der Waals surface area contributed by atoms with E-state index < -0.39 is 0 Å². The molecule has 3 aliphatic rings. The third kappa shape index (κ3) is 5.50. The molecule has 1 aromatic rings. The summed E-state index contributed by atoms with van der Waals surface area (Å²) < 4.78 is 0. The highest BCUT2D eigenvalue weighted by atomic mass is 16.1. The number of amides is 1. The van der Waals surface area contributed by atoms with E-state index in [1.54, 1.807) is 0 Å². The Labute approximate surface area is 206 Å². The number of hydrogen-bond donors (Lipinski definition) is 3. The maximum absolute atomic E-state index is 13.1. The van der Waals surface area contributed by atoms with E-state index in [1.165, 1.54) is 49.7 Å². The Morgan fingerprint density at radius 1 is 1.18 bits per heavy atom. The van der Waals surface area contributed by atoms with Crippen LogP contribution in [0.4, 0.5) is 5.69 Å². The van der Waals surface area contributed by atoms with Crippen molar-refractivity contribution >= 4 is 17.4 Å². The summed E-state index contributed by atoms with van der Waals surface area (Å²) in [4.78, 5) is 15.9. The quantitative estimate of drug-likeness (QED) is 0.305. The summed E-state index contributed by atoms with van der Waals surface area (Å²) in [6.07, 6.45) is 13.5. The number of nitrogens with zero attached hydrogens (tertiary/aromatic N) is 1. The first-order valence-electron chi connectivity index (χ1n) is 13.9. The molecule has 2 aliphatic heterocycles. The van der Waals surface area contributed by atoms with Crippen molar-refractivity contribution in [1.29, 1.82) is 5.41 Å². The summed E-state index contributed by atoms with van der Waals surface area (Å²) in [6, 6.07) is 8.20. The lowest BCUT2D eigenvalue weighted by molar-refractivity contribution is -0.120. The molecule has 5 nitrogen and oxygen atoms in total. The minimum Gasteiger partial charge on any atom is -0.387 e. The van der Waals surface area contributed by atoms with Crippen LogP contribution in [-0.4, -0.2) is 28.7 Å². The summed E-state index contributed by atoms with van der Waals surface area (Å²) >= 11 is 0. The predicted octanol–water partition coefficient (Wildman–Crippen LogP) is 6.42. The molecule has 1 amide bonds. The van der Waals surface area contributed by atoms with Gasteiger partial charge in [-0.1, -0.05) is 51.2 Å². The van der Waals surface area contributed by atoms with Gasteiger partial charge in [0.05, 0.1) is 5.84 Å². The zero-order chi connectivity index (χ0) is 24.2. The minimum atomic E-state index is 0.0207. The van der Waals surface area contributed by atoms with Gasteiger partial charge in [0.15, 0.2) is 0 Å². The highest BCUT2D eigenvalue weighted by molar-refractivity contribution is 5.96. The average Bonchev–Trinajstić information content (AvgIpc) is 2.81. The van der Waals surface area contributed by atoms with Crippen molar-refractivity contribution < 1.29 is 4.79 Å². The van der Waals surface area contributed by atoms with Gasteiger partial charge in [0.2, 0.25) is 5.91 Å². The van der Waals surface area contributed by atoms with Crippen molar-refractivity contribution in [2.24, 2.45) is 23.5 Å². The summed E-state index contributed by atoms with van der Waals surface area (Å²) in [5.74, 6) is 1.22. The fourth-order valence-electron chi connectivity index (χ4n) is 7.13. The Kier molecular flexibility index (Phi) is 8.34. The molecule has 1 aliphatic carbocycles. The largest absolute Gasteiger partial charge is 0.387 e. The Bertz CT molecular complexity index is 858. The molecule has 0 spiro atoms. The molecule has 5 heteroatoms. The molecule has 4 N–H and O–H groups in total. The van der Waals surface area contributed by atoms with Crippen molar-refractivity contribution in [2.75, 3.05) is 5.32 Å². The molecule has 0 radical (unpaired) electrons. The van der Waals surface area contributed by atoms with Crippen LogP contribution in [0.1, 0.15) is 109 Å².